The van der Waals surface area contributed by atoms with E-state index < -0.39 is 0 Å². The fourth-order valence-corrected chi connectivity index (χ4v) is 4.07. The fraction of sp³-hybridized carbons (Fsp3) is 0.600. The molecule has 1 aromatic rings. The zero-order valence-electron chi connectivity index (χ0n) is 9.64. The van der Waals surface area contributed by atoms with Crippen molar-refractivity contribution in [2.24, 2.45) is 0 Å². The predicted octanol–water partition coefficient (Wildman–Crippen LogP) is 3.57. The van der Waals surface area contributed by atoms with Gasteiger partial charge in [0.2, 0.25) is 0 Å². The summed E-state index contributed by atoms with van der Waals surface area (Å²) in [7, 11) is -0.282. The van der Waals surface area contributed by atoms with Crippen LogP contribution in [0.5, 0.6) is 0 Å². The van der Waals surface area contributed by atoms with Crippen LogP contribution in [-0.4, -0.2) is 18.3 Å². The molecule has 2 heterocycles. The van der Waals surface area contributed by atoms with Gasteiger partial charge in [-0.1, -0.05) is 15.9 Å². The van der Waals surface area contributed by atoms with E-state index in [0.29, 0.717) is 0 Å². The van der Waals surface area contributed by atoms with Crippen LogP contribution in [0.4, 0.5) is 0 Å². The highest BCUT2D eigenvalue weighted by atomic mass is 79.9. The van der Waals surface area contributed by atoms with Crippen LogP contribution in [0, 0.1) is 0 Å². The maximum absolute atomic E-state index is 5.98. The molecule has 88 valence electrons. The van der Waals surface area contributed by atoms with Gasteiger partial charge >= 0.3 is 7.12 Å². The molecule has 0 radical (unpaired) electrons. The molecule has 0 aliphatic carbocycles. The van der Waals surface area contributed by atoms with Crippen molar-refractivity contribution in [2.45, 2.75) is 38.9 Å². The summed E-state index contributed by atoms with van der Waals surface area (Å²) in [6.07, 6.45) is 0. The average molecular weight is 368 g/mol. The third-order valence-electron chi connectivity index (χ3n) is 3.15. The number of thiophene rings is 1. The van der Waals surface area contributed by atoms with E-state index in [0.717, 1.165) is 13.0 Å². The molecule has 1 fully saturated rings. The van der Waals surface area contributed by atoms with Gasteiger partial charge in [-0.05, 0) is 49.7 Å². The SMILES string of the molecule is CC1(C)OB(c2sc(Br)cc2Br)OC1(C)C. The normalized spacial score (nSPS) is 22.8. The van der Waals surface area contributed by atoms with E-state index in [1.54, 1.807) is 11.3 Å². The van der Waals surface area contributed by atoms with Crippen molar-refractivity contribution in [2.75, 3.05) is 0 Å². The van der Waals surface area contributed by atoms with Crippen molar-refractivity contribution in [3.63, 3.8) is 0 Å². The van der Waals surface area contributed by atoms with Crippen LogP contribution in [0.15, 0.2) is 14.3 Å². The molecule has 0 aromatic carbocycles. The molecule has 0 atom stereocenters. The van der Waals surface area contributed by atoms with E-state index in [-0.39, 0.29) is 18.3 Å². The zero-order valence-corrected chi connectivity index (χ0v) is 13.6. The number of rotatable bonds is 1. The van der Waals surface area contributed by atoms with Gasteiger partial charge in [-0.2, -0.15) is 0 Å². The van der Waals surface area contributed by atoms with E-state index in [1.807, 2.05) is 6.07 Å². The lowest BCUT2D eigenvalue weighted by Crippen LogP contribution is -2.41. The van der Waals surface area contributed by atoms with Gasteiger partial charge in [-0.25, -0.2) is 0 Å². The molecule has 0 amide bonds. The summed E-state index contributed by atoms with van der Waals surface area (Å²) >= 11 is 8.62. The molecule has 16 heavy (non-hydrogen) atoms. The lowest BCUT2D eigenvalue weighted by Gasteiger charge is -2.32. The monoisotopic (exact) mass is 366 g/mol. The van der Waals surface area contributed by atoms with Crippen LogP contribution in [0.25, 0.3) is 0 Å². The molecule has 0 N–H and O–H groups in total. The Balaban J connectivity index is 2.30. The third kappa shape index (κ3) is 2.15. The predicted molar refractivity (Wildman–Crippen MR) is 75.4 cm³/mol. The van der Waals surface area contributed by atoms with Gasteiger partial charge in [0, 0.05) is 4.47 Å². The largest absolute Gasteiger partial charge is 0.506 e. The molecule has 0 unspecified atom stereocenters. The van der Waals surface area contributed by atoms with Gasteiger partial charge in [0.05, 0.1) is 19.8 Å². The Bertz CT molecular complexity index is 401. The number of halogens is 2. The molecule has 0 saturated carbocycles. The first-order valence-electron chi connectivity index (χ1n) is 5.03. The van der Waals surface area contributed by atoms with Crippen molar-refractivity contribution in [1.82, 2.24) is 0 Å². The molecule has 1 saturated heterocycles. The molecule has 2 rings (SSSR count). The Kier molecular flexibility index (Phi) is 3.34. The van der Waals surface area contributed by atoms with E-state index in [1.165, 1.54) is 0 Å². The van der Waals surface area contributed by atoms with Crippen molar-refractivity contribution in [1.29, 1.82) is 0 Å². The maximum Gasteiger partial charge on any atom is 0.506 e. The maximum atomic E-state index is 5.98. The van der Waals surface area contributed by atoms with Gasteiger partial charge in [-0.3, -0.25) is 0 Å². The topological polar surface area (TPSA) is 18.5 Å². The van der Waals surface area contributed by atoms with Gasteiger partial charge in [-0.15, -0.1) is 11.3 Å². The summed E-state index contributed by atoms with van der Waals surface area (Å²) in [5.74, 6) is 0. The molecule has 0 bridgehead atoms. The summed E-state index contributed by atoms with van der Waals surface area (Å²) < 4.78 is 15.1. The third-order valence-corrected chi connectivity index (χ3v) is 5.73. The van der Waals surface area contributed by atoms with Crippen molar-refractivity contribution in [3.8, 4) is 0 Å². The van der Waals surface area contributed by atoms with Crippen LogP contribution in [0.2, 0.25) is 0 Å². The standard InChI is InChI=1S/C10H13BBr2O2S/c1-9(2)10(3,4)15-11(14-9)8-6(12)5-7(13)16-8/h5H,1-4H3. The van der Waals surface area contributed by atoms with E-state index in [2.05, 4.69) is 59.6 Å². The van der Waals surface area contributed by atoms with Gasteiger partial charge < -0.3 is 9.31 Å². The first kappa shape index (κ1) is 13.1. The Hall–Kier alpha value is 0.645. The minimum Gasteiger partial charge on any atom is -0.399 e. The van der Waals surface area contributed by atoms with E-state index in [9.17, 15) is 0 Å². The molecule has 2 nitrogen and oxygen atoms in total. The van der Waals surface area contributed by atoms with E-state index in [4.69, 9.17) is 9.31 Å². The summed E-state index contributed by atoms with van der Waals surface area (Å²) in [4.78, 5) is 0. The quantitative estimate of drug-likeness (QED) is 0.706. The van der Waals surface area contributed by atoms with Gasteiger partial charge in [0.1, 0.15) is 0 Å². The highest BCUT2D eigenvalue weighted by molar-refractivity contribution is 9.11. The lowest BCUT2D eigenvalue weighted by molar-refractivity contribution is 0.00578. The van der Waals surface area contributed by atoms with Crippen LogP contribution >= 0.6 is 43.2 Å². The van der Waals surface area contributed by atoms with Crippen LogP contribution in [-0.2, 0) is 9.31 Å². The average Bonchev–Trinajstić information content (AvgIpc) is 2.51. The zero-order chi connectivity index (χ0) is 12.1. The van der Waals surface area contributed by atoms with Gasteiger partial charge in [0.15, 0.2) is 0 Å². The van der Waals surface area contributed by atoms with Crippen molar-refractivity contribution < 1.29 is 9.31 Å². The second-order valence-electron chi connectivity index (χ2n) is 4.85. The Labute approximate surface area is 117 Å². The second-order valence-corrected chi connectivity index (χ2v) is 8.17. The van der Waals surface area contributed by atoms with Crippen LogP contribution in [0.3, 0.4) is 0 Å². The van der Waals surface area contributed by atoms with Crippen LogP contribution < -0.4 is 4.78 Å². The molecule has 1 aromatic heterocycles. The smallest absolute Gasteiger partial charge is 0.399 e. The second kappa shape index (κ2) is 4.09. The molecule has 6 heteroatoms. The summed E-state index contributed by atoms with van der Waals surface area (Å²) in [6, 6.07) is 2.02. The Morgan fingerprint density at radius 1 is 1.12 bits per heavy atom. The Morgan fingerprint density at radius 3 is 2.00 bits per heavy atom. The molecule has 1 aliphatic heterocycles. The highest BCUT2D eigenvalue weighted by Gasteiger charge is 2.52. The number of hydrogen-bond acceptors (Lipinski definition) is 3. The van der Waals surface area contributed by atoms with Crippen molar-refractivity contribution >= 4 is 55.1 Å². The van der Waals surface area contributed by atoms with Gasteiger partial charge in [0.25, 0.3) is 0 Å². The molecule has 1 aliphatic rings. The summed E-state index contributed by atoms with van der Waals surface area (Å²) in [5, 5.41) is 0. The summed E-state index contributed by atoms with van der Waals surface area (Å²) in [5.41, 5.74) is -0.568. The first-order chi connectivity index (χ1) is 7.23. The lowest BCUT2D eigenvalue weighted by atomic mass is 9.88. The molecular weight excluding hydrogens is 355 g/mol. The van der Waals surface area contributed by atoms with Crippen molar-refractivity contribution in [3.05, 3.63) is 14.3 Å². The highest BCUT2D eigenvalue weighted by Crippen LogP contribution is 2.38. The van der Waals surface area contributed by atoms with E-state index >= 15 is 0 Å². The Morgan fingerprint density at radius 2 is 1.62 bits per heavy atom. The summed E-state index contributed by atoms with van der Waals surface area (Å²) in [6.45, 7) is 8.24. The minimum atomic E-state index is -0.284. The molecular formula is C10H13BBr2O2S. The molecule has 0 spiro atoms. The number of hydrogen-bond donors (Lipinski definition) is 0. The van der Waals surface area contributed by atoms with Crippen LogP contribution in [0.1, 0.15) is 27.7 Å². The minimum absolute atomic E-state index is 0.282. The first-order valence-corrected chi connectivity index (χ1v) is 7.43. The fourth-order valence-electron chi connectivity index (χ4n) is 1.46.